The first kappa shape index (κ1) is 13.4. The number of fused-ring (bicyclic) bond motifs is 1. The summed E-state index contributed by atoms with van der Waals surface area (Å²) in [5, 5.41) is 0. The topological polar surface area (TPSA) is 79.2 Å². The van der Waals surface area contributed by atoms with Gasteiger partial charge in [0.15, 0.2) is 5.43 Å². The highest BCUT2D eigenvalue weighted by Crippen LogP contribution is 2.31. The van der Waals surface area contributed by atoms with Crippen molar-refractivity contribution in [2.75, 3.05) is 17.2 Å². The first-order chi connectivity index (χ1) is 10.1. The summed E-state index contributed by atoms with van der Waals surface area (Å²) in [4.78, 5) is 29.3. The molecule has 3 rings (SSSR count). The highest BCUT2D eigenvalue weighted by molar-refractivity contribution is 6.06. The molecule has 0 unspecified atom stereocenters. The molecule has 0 saturated carbocycles. The SMILES string of the molecule is Cc1cc(=O)c(C(=O)N2CCCc3c(N)cccc32)c[nH]1. The number of carbonyl (C=O) groups is 1. The van der Waals surface area contributed by atoms with Crippen molar-refractivity contribution >= 4 is 17.3 Å². The highest BCUT2D eigenvalue weighted by Gasteiger charge is 2.26. The molecule has 3 N–H and O–H groups in total. The normalized spacial score (nSPS) is 13.9. The minimum atomic E-state index is -0.275. The maximum absolute atomic E-state index is 12.7. The summed E-state index contributed by atoms with van der Waals surface area (Å²) in [7, 11) is 0. The second-order valence-electron chi connectivity index (χ2n) is 5.30. The van der Waals surface area contributed by atoms with Gasteiger partial charge in [-0.15, -0.1) is 0 Å². The van der Waals surface area contributed by atoms with Gasteiger partial charge in [-0.2, -0.15) is 0 Å². The average molecular weight is 283 g/mol. The summed E-state index contributed by atoms with van der Waals surface area (Å²) in [6.07, 6.45) is 3.19. The predicted octanol–water partition coefficient (Wildman–Crippen LogP) is 1.86. The molecule has 5 heteroatoms. The van der Waals surface area contributed by atoms with Crippen molar-refractivity contribution < 1.29 is 4.79 Å². The monoisotopic (exact) mass is 283 g/mol. The second-order valence-corrected chi connectivity index (χ2v) is 5.30. The van der Waals surface area contributed by atoms with Gasteiger partial charge in [0.2, 0.25) is 0 Å². The van der Waals surface area contributed by atoms with Crippen LogP contribution < -0.4 is 16.1 Å². The number of carbonyl (C=O) groups excluding carboxylic acids is 1. The number of nitrogens with one attached hydrogen (secondary N) is 1. The van der Waals surface area contributed by atoms with E-state index >= 15 is 0 Å². The molecule has 1 aliphatic rings. The van der Waals surface area contributed by atoms with E-state index < -0.39 is 0 Å². The van der Waals surface area contributed by atoms with Crippen molar-refractivity contribution in [2.24, 2.45) is 0 Å². The van der Waals surface area contributed by atoms with Crippen molar-refractivity contribution in [3.63, 3.8) is 0 Å². The van der Waals surface area contributed by atoms with E-state index in [0.717, 1.165) is 29.8 Å². The lowest BCUT2D eigenvalue weighted by Gasteiger charge is -2.30. The average Bonchev–Trinajstić information content (AvgIpc) is 2.46. The van der Waals surface area contributed by atoms with Crippen LogP contribution in [0, 0.1) is 6.92 Å². The number of H-pyrrole nitrogens is 1. The molecule has 21 heavy (non-hydrogen) atoms. The molecule has 0 bridgehead atoms. The van der Waals surface area contributed by atoms with E-state index in [1.165, 1.54) is 12.3 Å². The van der Waals surface area contributed by atoms with E-state index in [9.17, 15) is 9.59 Å². The zero-order valence-electron chi connectivity index (χ0n) is 11.8. The van der Waals surface area contributed by atoms with Crippen LogP contribution >= 0.6 is 0 Å². The number of hydrogen-bond acceptors (Lipinski definition) is 3. The molecule has 108 valence electrons. The van der Waals surface area contributed by atoms with Crippen molar-refractivity contribution in [1.82, 2.24) is 4.98 Å². The van der Waals surface area contributed by atoms with Gasteiger partial charge in [0.05, 0.1) is 0 Å². The number of aromatic amines is 1. The number of amides is 1. The van der Waals surface area contributed by atoms with Crippen LogP contribution in [0.25, 0.3) is 0 Å². The fraction of sp³-hybridized carbons (Fsp3) is 0.250. The number of nitrogens with two attached hydrogens (primary N) is 1. The summed E-state index contributed by atoms with van der Waals surface area (Å²) < 4.78 is 0. The fourth-order valence-corrected chi connectivity index (χ4v) is 2.75. The number of aromatic nitrogens is 1. The minimum absolute atomic E-state index is 0.163. The van der Waals surface area contributed by atoms with Gasteiger partial charge in [-0.05, 0) is 37.5 Å². The number of pyridine rings is 1. The lowest BCUT2D eigenvalue weighted by Crippen LogP contribution is -2.38. The Morgan fingerprint density at radius 1 is 1.38 bits per heavy atom. The van der Waals surface area contributed by atoms with E-state index in [0.29, 0.717) is 12.2 Å². The smallest absolute Gasteiger partial charge is 0.263 e. The number of nitrogen functional groups attached to an aromatic ring is 1. The number of benzene rings is 1. The Morgan fingerprint density at radius 2 is 2.19 bits per heavy atom. The molecule has 0 radical (unpaired) electrons. The third kappa shape index (κ3) is 2.31. The van der Waals surface area contributed by atoms with Gasteiger partial charge in [0, 0.05) is 35.9 Å². The molecule has 0 aliphatic carbocycles. The van der Waals surface area contributed by atoms with Gasteiger partial charge in [-0.1, -0.05) is 6.07 Å². The Balaban J connectivity index is 2.04. The summed E-state index contributed by atoms with van der Waals surface area (Å²) in [6.45, 7) is 2.38. The van der Waals surface area contributed by atoms with Crippen LogP contribution in [0.4, 0.5) is 11.4 Å². The molecule has 1 aliphatic heterocycles. The fourth-order valence-electron chi connectivity index (χ4n) is 2.75. The molecular weight excluding hydrogens is 266 g/mol. The zero-order chi connectivity index (χ0) is 15.0. The molecule has 1 amide bonds. The molecule has 2 aromatic rings. The van der Waals surface area contributed by atoms with Gasteiger partial charge in [-0.3, -0.25) is 9.59 Å². The largest absolute Gasteiger partial charge is 0.398 e. The summed E-state index contributed by atoms with van der Waals surface area (Å²) in [5.74, 6) is -0.275. The second kappa shape index (κ2) is 5.09. The first-order valence-corrected chi connectivity index (χ1v) is 6.96. The molecule has 5 nitrogen and oxygen atoms in total. The van der Waals surface area contributed by atoms with Crippen LogP contribution in [-0.4, -0.2) is 17.4 Å². The summed E-state index contributed by atoms with van der Waals surface area (Å²) in [5.41, 5.74) is 9.12. The number of nitrogens with zero attached hydrogens (tertiary/aromatic N) is 1. The molecule has 1 aromatic carbocycles. The van der Waals surface area contributed by atoms with E-state index in [1.807, 2.05) is 18.2 Å². The van der Waals surface area contributed by atoms with Gasteiger partial charge >= 0.3 is 0 Å². The quantitative estimate of drug-likeness (QED) is 0.784. The maximum Gasteiger partial charge on any atom is 0.263 e. The minimum Gasteiger partial charge on any atom is -0.398 e. The standard InChI is InChI=1S/C16H17N3O2/c1-10-8-15(20)12(9-18-10)16(21)19-7-3-4-11-13(17)5-2-6-14(11)19/h2,5-6,8-9H,3-4,7,17H2,1H3,(H,18,20). The van der Waals surface area contributed by atoms with Crippen molar-refractivity contribution in [2.45, 2.75) is 19.8 Å². The summed E-state index contributed by atoms with van der Waals surface area (Å²) in [6, 6.07) is 6.99. The third-order valence-electron chi connectivity index (χ3n) is 3.82. The number of hydrogen-bond donors (Lipinski definition) is 2. The molecule has 0 fully saturated rings. The third-order valence-corrected chi connectivity index (χ3v) is 3.82. The first-order valence-electron chi connectivity index (χ1n) is 6.96. The maximum atomic E-state index is 12.7. The number of aryl methyl sites for hydroxylation is 1. The van der Waals surface area contributed by atoms with Gasteiger partial charge in [0.1, 0.15) is 5.56 Å². The Labute approximate surface area is 122 Å². The Kier molecular flexibility index (Phi) is 3.25. The van der Waals surface area contributed by atoms with E-state index in [4.69, 9.17) is 5.73 Å². The molecule has 0 atom stereocenters. The van der Waals surface area contributed by atoms with E-state index in [-0.39, 0.29) is 16.9 Å². The highest BCUT2D eigenvalue weighted by atomic mass is 16.2. The Morgan fingerprint density at radius 3 is 2.95 bits per heavy atom. The van der Waals surface area contributed by atoms with Crippen LogP contribution in [-0.2, 0) is 6.42 Å². The lowest BCUT2D eigenvalue weighted by atomic mass is 9.99. The molecule has 0 spiro atoms. The van der Waals surface area contributed by atoms with Crippen LogP contribution in [0.15, 0.2) is 35.3 Å². The molecule has 0 saturated heterocycles. The van der Waals surface area contributed by atoms with Gasteiger partial charge < -0.3 is 15.6 Å². The van der Waals surface area contributed by atoms with Crippen LogP contribution in [0.5, 0.6) is 0 Å². The number of anilines is 2. The van der Waals surface area contributed by atoms with Gasteiger partial charge in [0.25, 0.3) is 5.91 Å². The van der Waals surface area contributed by atoms with Gasteiger partial charge in [-0.25, -0.2) is 0 Å². The molecule has 1 aromatic heterocycles. The Hall–Kier alpha value is -2.56. The van der Waals surface area contributed by atoms with Crippen LogP contribution in [0.3, 0.4) is 0 Å². The lowest BCUT2D eigenvalue weighted by molar-refractivity contribution is 0.0984. The summed E-state index contributed by atoms with van der Waals surface area (Å²) >= 11 is 0. The predicted molar refractivity (Wildman–Crippen MR) is 82.7 cm³/mol. The van der Waals surface area contributed by atoms with E-state index in [2.05, 4.69) is 4.98 Å². The molecular formula is C16H17N3O2. The van der Waals surface area contributed by atoms with Crippen molar-refractivity contribution in [3.8, 4) is 0 Å². The zero-order valence-corrected chi connectivity index (χ0v) is 11.8. The van der Waals surface area contributed by atoms with E-state index in [1.54, 1.807) is 11.8 Å². The van der Waals surface area contributed by atoms with Crippen molar-refractivity contribution in [1.29, 1.82) is 0 Å². The van der Waals surface area contributed by atoms with Crippen LogP contribution in [0.1, 0.15) is 28.0 Å². The van der Waals surface area contributed by atoms with Crippen molar-refractivity contribution in [3.05, 3.63) is 57.5 Å². The molecule has 2 heterocycles. The Bertz CT molecular complexity index is 764. The number of rotatable bonds is 1. The van der Waals surface area contributed by atoms with Crippen LogP contribution in [0.2, 0.25) is 0 Å².